The van der Waals surface area contributed by atoms with Gasteiger partial charge >= 0.3 is 0 Å². The van der Waals surface area contributed by atoms with Crippen molar-refractivity contribution in [1.82, 2.24) is 4.31 Å². The van der Waals surface area contributed by atoms with Crippen molar-refractivity contribution >= 4 is 17.9 Å². The van der Waals surface area contributed by atoms with Gasteiger partial charge < -0.3 is 4.74 Å². The van der Waals surface area contributed by atoms with E-state index in [0.29, 0.717) is 6.61 Å². The van der Waals surface area contributed by atoms with E-state index in [9.17, 15) is 4.79 Å². The van der Waals surface area contributed by atoms with Gasteiger partial charge in [0.05, 0.1) is 13.2 Å². The Bertz CT molecular complexity index is 118. The topological polar surface area (TPSA) is 29.5 Å². The maximum absolute atomic E-state index is 10.8. The molecule has 0 aromatic rings. The Labute approximate surface area is 58.5 Å². The van der Waals surface area contributed by atoms with Crippen molar-refractivity contribution in [3.63, 3.8) is 0 Å². The maximum Gasteiger partial charge on any atom is 0.258 e. The van der Waals surface area contributed by atoms with Crippen LogP contribution in [0.15, 0.2) is 0 Å². The van der Waals surface area contributed by atoms with Crippen molar-refractivity contribution < 1.29 is 9.53 Å². The van der Waals surface area contributed by atoms with Gasteiger partial charge in [-0.1, -0.05) is 11.9 Å². The van der Waals surface area contributed by atoms with E-state index in [0.717, 1.165) is 6.54 Å². The zero-order chi connectivity index (χ0) is 6.69. The molecule has 3 nitrogen and oxygen atoms in total. The highest BCUT2D eigenvalue weighted by molar-refractivity contribution is 7.96. The molecule has 0 spiro atoms. The number of amides is 1. The first-order valence-corrected chi connectivity index (χ1v) is 3.95. The summed E-state index contributed by atoms with van der Waals surface area (Å²) in [5, 5.41) is 0. The van der Waals surface area contributed by atoms with Crippen LogP contribution in [-0.2, 0) is 9.53 Å². The summed E-state index contributed by atoms with van der Waals surface area (Å²) in [5.74, 6) is 0.0775. The molecule has 9 heavy (non-hydrogen) atoms. The van der Waals surface area contributed by atoms with Gasteiger partial charge in [0, 0.05) is 6.26 Å². The SMILES string of the molecule is CSN1CCOCC1=O. The lowest BCUT2D eigenvalue weighted by molar-refractivity contribution is -0.135. The van der Waals surface area contributed by atoms with Crippen LogP contribution in [0.2, 0.25) is 0 Å². The van der Waals surface area contributed by atoms with Crippen molar-refractivity contribution in [2.75, 3.05) is 26.0 Å². The zero-order valence-corrected chi connectivity index (χ0v) is 6.11. The fourth-order valence-corrected chi connectivity index (χ4v) is 1.21. The summed E-state index contributed by atoms with van der Waals surface area (Å²) < 4.78 is 6.62. The highest BCUT2D eigenvalue weighted by Gasteiger charge is 2.16. The molecule has 0 bridgehead atoms. The molecule has 0 unspecified atom stereocenters. The number of morpholine rings is 1. The summed E-state index contributed by atoms with van der Waals surface area (Å²) in [6, 6.07) is 0. The summed E-state index contributed by atoms with van der Waals surface area (Å²) in [7, 11) is 0. The van der Waals surface area contributed by atoms with Crippen LogP contribution in [0, 0.1) is 0 Å². The number of hydrogen-bond acceptors (Lipinski definition) is 3. The average Bonchev–Trinajstić information content (AvgIpc) is 1.89. The second-order valence-electron chi connectivity index (χ2n) is 1.73. The third-order valence-electron chi connectivity index (χ3n) is 1.16. The molecule has 0 aromatic carbocycles. The van der Waals surface area contributed by atoms with Gasteiger partial charge in [-0.3, -0.25) is 9.10 Å². The van der Waals surface area contributed by atoms with Crippen LogP contribution in [-0.4, -0.2) is 36.2 Å². The number of hydrogen-bond donors (Lipinski definition) is 0. The third kappa shape index (κ3) is 1.59. The van der Waals surface area contributed by atoms with Crippen LogP contribution in [0.1, 0.15) is 0 Å². The Kier molecular flexibility index (Phi) is 2.36. The van der Waals surface area contributed by atoms with E-state index in [4.69, 9.17) is 4.74 Å². The maximum atomic E-state index is 10.8. The Morgan fingerprint density at radius 2 is 2.56 bits per heavy atom. The highest BCUT2D eigenvalue weighted by atomic mass is 32.2. The van der Waals surface area contributed by atoms with Gasteiger partial charge in [-0.05, 0) is 0 Å². The molecule has 1 rings (SSSR count). The Morgan fingerprint density at radius 3 is 3.00 bits per heavy atom. The first kappa shape index (κ1) is 6.89. The lowest BCUT2D eigenvalue weighted by atomic mass is 10.5. The van der Waals surface area contributed by atoms with E-state index in [2.05, 4.69) is 0 Å². The summed E-state index contributed by atoms with van der Waals surface area (Å²) in [6.45, 7) is 1.65. The minimum Gasteiger partial charge on any atom is -0.370 e. The smallest absolute Gasteiger partial charge is 0.258 e. The second kappa shape index (κ2) is 3.08. The number of nitrogens with zero attached hydrogens (tertiary/aromatic N) is 1. The summed E-state index contributed by atoms with van der Waals surface area (Å²) in [5.41, 5.74) is 0. The van der Waals surface area contributed by atoms with Gasteiger partial charge in [0.2, 0.25) is 0 Å². The van der Waals surface area contributed by atoms with Crippen LogP contribution in [0.3, 0.4) is 0 Å². The zero-order valence-electron chi connectivity index (χ0n) is 5.29. The molecular weight excluding hydrogens is 138 g/mol. The minimum atomic E-state index is 0.0775. The number of rotatable bonds is 1. The minimum absolute atomic E-state index is 0.0775. The summed E-state index contributed by atoms with van der Waals surface area (Å²) in [4.78, 5) is 10.8. The van der Waals surface area contributed by atoms with Gasteiger partial charge in [-0.25, -0.2) is 0 Å². The molecule has 52 valence electrons. The van der Waals surface area contributed by atoms with Crippen LogP contribution in [0.25, 0.3) is 0 Å². The van der Waals surface area contributed by atoms with E-state index in [-0.39, 0.29) is 12.5 Å². The Balaban J connectivity index is 2.39. The molecule has 0 radical (unpaired) electrons. The third-order valence-corrected chi connectivity index (χ3v) is 1.99. The first-order chi connectivity index (χ1) is 4.34. The number of ether oxygens (including phenoxy) is 1. The first-order valence-electron chi connectivity index (χ1n) is 2.77. The van der Waals surface area contributed by atoms with Gasteiger partial charge in [-0.2, -0.15) is 0 Å². The van der Waals surface area contributed by atoms with Gasteiger partial charge in [0.15, 0.2) is 0 Å². The van der Waals surface area contributed by atoms with E-state index in [1.807, 2.05) is 6.26 Å². The lowest BCUT2D eigenvalue weighted by Gasteiger charge is -2.23. The molecule has 1 heterocycles. The summed E-state index contributed by atoms with van der Waals surface area (Å²) in [6.07, 6.45) is 1.89. The molecule has 0 saturated carbocycles. The molecule has 1 saturated heterocycles. The molecule has 0 aliphatic carbocycles. The predicted molar refractivity (Wildman–Crippen MR) is 36.0 cm³/mol. The fraction of sp³-hybridized carbons (Fsp3) is 0.800. The van der Waals surface area contributed by atoms with Gasteiger partial charge in [0.1, 0.15) is 6.61 Å². The van der Waals surface area contributed by atoms with Gasteiger partial charge in [0.25, 0.3) is 5.91 Å². The molecule has 1 aliphatic heterocycles. The quantitative estimate of drug-likeness (QED) is 0.493. The number of carbonyl (C=O) groups is 1. The van der Waals surface area contributed by atoms with E-state index in [1.54, 1.807) is 4.31 Å². The molecular formula is C5H9NO2S. The molecule has 1 fully saturated rings. The highest BCUT2D eigenvalue weighted by Crippen LogP contribution is 2.08. The van der Waals surface area contributed by atoms with Crippen molar-refractivity contribution in [2.45, 2.75) is 0 Å². The second-order valence-corrected chi connectivity index (χ2v) is 2.54. The lowest BCUT2D eigenvalue weighted by Crippen LogP contribution is -2.36. The van der Waals surface area contributed by atoms with Gasteiger partial charge in [-0.15, -0.1) is 0 Å². The van der Waals surface area contributed by atoms with Crippen molar-refractivity contribution in [2.24, 2.45) is 0 Å². The normalized spacial score (nSPS) is 20.6. The van der Waals surface area contributed by atoms with E-state index in [1.165, 1.54) is 11.9 Å². The molecule has 1 aliphatic rings. The largest absolute Gasteiger partial charge is 0.370 e. The molecule has 0 aromatic heterocycles. The van der Waals surface area contributed by atoms with Crippen LogP contribution < -0.4 is 0 Å². The standard InChI is InChI=1S/C5H9NO2S/c1-9-6-2-3-8-4-5(6)7/h2-4H2,1H3. The monoisotopic (exact) mass is 147 g/mol. The van der Waals surface area contributed by atoms with Crippen LogP contribution in [0.5, 0.6) is 0 Å². The van der Waals surface area contributed by atoms with Crippen LogP contribution in [0.4, 0.5) is 0 Å². The molecule has 4 heteroatoms. The van der Waals surface area contributed by atoms with Crippen molar-refractivity contribution in [1.29, 1.82) is 0 Å². The molecule has 0 atom stereocenters. The molecule has 0 N–H and O–H groups in total. The Hall–Kier alpha value is -0.220. The van der Waals surface area contributed by atoms with Crippen LogP contribution >= 0.6 is 11.9 Å². The van der Waals surface area contributed by atoms with E-state index < -0.39 is 0 Å². The van der Waals surface area contributed by atoms with Crippen molar-refractivity contribution in [3.8, 4) is 0 Å². The summed E-state index contributed by atoms with van der Waals surface area (Å²) >= 11 is 1.46. The van der Waals surface area contributed by atoms with Crippen molar-refractivity contribution in [3.05, 3.63) is 0 Å². The number of carbonyl (C=O) groups excluding carboxylic acids is 1. The fourth-order valence-electron chi connectivity index (χ4n) is 0.697. The molecule has 1 amide bonds. The predicted octanol–water partition coefficient (Wildman–Crippen LogP) is 0.123. The van der Waals surface area contributed by atoms with E-state index >= 15 is 0 Å². The Morgan fingerprint density at radius 1 is 1.78 bits per heavy atom. The average molecular weight is 147 g/mol.